The van der Waals surface area contributed by atoms with E-state index in [4.69, 9.17) is 11.6 Å². The van der Waals surface area contributed by atoms with Crippen LogP contribution in [0.2, 0.25) is 5.02 Å². The highest BCUT2D eigenvalue weighted by Gasteiger charge is 2.30. The van der Waals surface area contributed by atoms with Gasteiger partial charge in [-0.3, -0.25) is 4.79 Å². The lowest BCUT2D eigenvalue weighted by molar-refractivity contribution is 0.0600. The lowest BCUT2D eigenvalue weighted by Crippen LogP contribution is -2.41. The predicted molar refractivity (Wildman–Crippen MR) is 82.7 cm³/mol. The molecular formula is C15H19BrClNO. The zero-order valence-corrected chi connectivity index (χ0v) is 13.7. The monoisotopic (exact) mass is 343 g/mol. The summed E-state index contributed by atoms with van der Waals surface area (Å²) in [5, 5.41) is 0.633. The van der Waals surface area contributed by atoms with Crippen LogP contribution < -0.4 is 0 Å². The third kappa shape index (κ3) is 3.32. The SMILES string of the molecule is CCC1(C)CCN(C(=O)c2ccc(Cl)c(Br)c2)CC1. The molecule has 1 fully saturated rings. The molecule has 0 radical (unpaired) electrons. The summed E-state index contributed by atoms with van der Waals surface area (Å²) in [6.07, 6.45) is 3.36. The summed E-state index contributed by atoms with van der Waals surface area (Å²) in [5.74, 6) is 0.107. The molecular weight excluding hydrogens is 326 g/mol. The van der Waals surface area contributed by atoms with Crippen LogP contribution in [0.5, 0.6) is 0 Å². The average molecular weight is 345 g/mol. The molecule has 1 heterocycles. The predicted octanol–water partition coefficient (Wildman–Crippen LogP) is 4.75. The smallest absolute Gasteiger partial charge is 0.253 e. The largest absolute Gasteiger partial charge is 0.339 e. The van der Waals surface area contributed by atoms with Crippen LogP contribution in [-0.2, 0) is 0 Å². The highest BCUT2D eigenvalue weighted by molar-refractivity contribution is 9.10. The van der Waals surface area contributed by atoms with Crippen molar-refractivity contribution in [1.29, 1.82) is 0 Å². The fourth-order valence-corrected chi connectivity index (χ4v) is 2.91. The molecule has 0 aliphatic carbocycles. The molecule has 0 atom stereocenters. The van der Waals surface area contributed by atoms with E-state index in [1.807, 2.05) is 4.90 Å². The number of halogens is 2. The minimum Gasteiger partial charge on any atom is -0.339 e. The van der Waals surface area contributed by atoms with Crippen molar-refractivity contribution in [3.8, 4) is 0 Å². The van der Waals surface area contributed by atoms with Gasteiger partial charge in [-0.25, -0.2) is 0 Å². The fourth-order valence-electron chi connectivity index (χ4n) is 2.41. The molecule has 1 aromatic carbocycles. The van der Waals surface area contributed by atoms with Crippen molar-refractivity contribution in [3.63, 3.8) is 0 Å². The first-order valence-electron chi connectivity index (χ1n) is 6.69. The quantitative estimate of drug-likeness (QED) is 0.758. The number of carbonyl (C=O) groups excluding carboxylic acids is 1. The number of carbonyl (C=O) groups is 1. The molecule has 0 N–H and O–H groups in total. The molecule has 0 spiro atoms. The molecule has 19 heavy (non-hydrogen) atoms. The molecule has 1 aliphatic heterocycles. The Morgan fingerprint density at radius 1 is 1.42 bits per heavy atom. The zero-order valence-electron chi connectivity index (χ0n) is 11.4. The number of nitrogens with zero attached hydrogens (tertiary/aromatic N) is 1. The number of likely N-dealkylation sites (tertiary alicyclic amines) is 1. The Morgan fingerprint density at radius 3 is 2.58 bits per heavy atom. The van der Waals surface area contributed by atoms with Gasteiger partial charge in [0.25, 0.3) is 5.91 Å². The summed E-state index contributed by atoms with van der Waals surface area (Å²) in [7, 11) is 0. The van der Waals surface area contributed by atoms with Gasteiger partial charge in [0.15, 0.2) is 0 Å². The standard InChI is InChI=1S/C15H19BrClNO/c1-3-15(2)6-8-18(9-7-15)14(19)11-4-5-13(17)12(16)10-11/h4-5,10H,3,6-9H2,1-2H3. The average Bonchev–Trinajstić information content (AvgIpc) is 2.42. The molecule has 0 unspecified atom stereocenters. The van der Waals surface area contributed by atoms with Crippen molar-refractivity contribution in [2.24, 2.45) is 5.41 Å². The van der Waals surface area contributed by atoms with Crippen molar-refractivity contribution in [1.82, 2.24) is 4.90 Å². The van der Waals surface area contributed by atoms with E-state index in [2.05, 4.69) is 29.8 Å². The lowest BCUT2D eigenvalue weighted by Gasteiger charge is -2.39. The van der Waals surface area contributed by atoms with Gasteiger partial charge in [0, 0.05) is 23.1 Å². The van der Waals surface area contributed by atoms with Gasteiger partial charge < -0.3 is 4.90 Å². The maximum atomic E-state index is 12.4. The third-order valence-corrected chi connectivity index (χ3v) is 5.49. The van der Waals surface area contributed by atoms with Gasteiger partial charge in [-0.1, -0.05) is 31.9 Å². The van der Waals surface area contributed by atoms with Crippen LogP contribution in [0.4, 0.5) is 0 Å². The van der Waals surface area contributed by atoms with Crippen LogP contribution in [0.15, 0.2) is 22.7 Å². The molecule has 1 saturated heterocycles. The van der Waals surface area contributed by atoms with Gasteiger partial charge in [0.2, 0.25) is 0 Å². The van der Waals surface area contributed by atoms with Crippen LogP contribution in [-0.4, -0.2) is 23.9 Å². The molecule has 4 heteroatoms. The van der Waals surface area contributed by atoms with Crippen LogP contribution in [0, 0.1) is 5.41 Å². The van der Waals surface area contributed by atoms with E-state index in [1.165, 1.54) is 6.42 Å². The van der Waals surface area contributed by atoms with Gasteiger partial charge in [-0.15, -0.1) is 0 Å². The van der Waals surface area contributed by atoms with E-state index >= 15 is 0 Å². The maximum Gasteiger partial charge on any atom is 0.253 e. The number of hydrogen-bond acceptors (Lipinski definition) is 1. The van der Waals surface area contributed by atoms with Crippen molar-refractivity contribution in [2.75, 3.05) is 13.1 Å². The van der Waals surface area contributed by atoms with Crippen LogP contribution >= 0.6 is 27.5 Å². The Hall–Kier alpha value is -0.540. The lowest BCUT2D eigenvalue weighted by atomic mass is 9.78. The van der Waals surface area contributed by atoms with Crippen molar-refractivity contribution in [2.45, 2.75) is 33.1 Å². The van der Waals surface area contributed by atoms with Gasteiger partial charge in [0.05, 0.1) is 5.02 Å². The van der Waals surface area contributed by atoms with E-state index in [0.29, 0.717) is 16.0 Å². The number of benzene rings is 1. The molecule has 2 nitrogen and oxygen atoms in total. The first kappa shape index (κ1) is 14.9. The minimum atomic E-state index is 0.107. The highest BCUT2D eigenvalue weighted by atomic mass is 79.9. The molecule has 1 aromatic rings. The van der Waals surface area contributed by atoms with Crippen LogP contribution in [0.1, 0.15) is 43.5 Å². The van der Waals surface area contributed by atoms with Gasteiger partial charge in [0.1, 0.15) is 0 Å². The number of hydrogen-bond donors (Lipinski definition) is 0. The number of amides is 1. The van der Waals surface area contributed by atoms with Crippen molar-refractivity contribution >= 4 is 33.4 Å². The molecule has 104 valence electrons. The van der Waals surface area contributed by atoms with Crippen LogP contribution in [0.25, 0.3) is 0 Å². The zero-order chi connectivity index (χ0) is 14.0. The van der Waals surface area contributed by atoms with Crippen LogP contribution in [0.3, 0.4) is 0 Å². The van der Waals surface area contributed by atoms with E-state index < -0.39 is 0 Å². The van der Waals surface area contributed by atoms with Crippen molar-refractivity contribution in [3.05, 3.63) is 33.3 Å². The maximum absolute atomic E-state index is 12.4. The second kappa shape index (κ2) is 5.84. The number of piperidine rings is 1. The van der Waals surface area contributed by atoms with E-state index in [1.54, 1.807) is 18.2 Å². The summed E-state index contributed by atoms with van der Waals surface area (Å²) in [6.45, 7) is 6.24. The fraction of sp³-hybridized carbons (Fsp3) is 0.533. The summed E-state index contributed by atoms with van der Waals surface area (Å²) >= 11 is 9.32. The molecule has 2 rings (SSSR count). The van der Waals surface area contributed by atoms with Gasteiger partial charge in [-0.2, -0.15) is 0 Å². The summed E-state index contributed by atoms with van der Waals surface area (Å²) in [5.41, 5.74) is 1.11. The number of rotatable bonds is 2. The third-order valence-electron chi connectivity index (χ3n) is 4.28. The molecule has 0 bridgehead atoms. The topological polar surface area (TPSA) is 20.3 Å². The summed E-state index contributed by atoms with van der Waals surface area (Å²) < 4.78 is 0.774. The van der Waals surface area contributed by atoms with Crippen molar-refractivity contribution < 1.29 is 4.79 Å². The first-order chi connectivity index (χ1) is 8.95. The van der Waals surface area contributed by atoms with E-state index in [9.17, 15) is 4.79 Å². The molecule has 1 amide bonds. The Balaban J connectivity index is 2.07. The Bertz CT molecular complexity index is 481. The second-order valence-corrected chi connectivity index (χ2v) is 6.85. The summed E-state index contributed by atoms with van der Waals surface area (Å²) in [4.78, 5) is 14.4. The molecule has 0 saturated carbocycles. The Labute approximate surface area is 128 Å². The Kier molecular flexibility index (Phi) is 4.57. The minimum absolute atomic E-state index is 0.107. The van der Waals surface area contributed by atoms with E-state index in [-0.39, 0.29) is 5.91 Å². The highest BCUT2D eigenvalue weighted by Crippen LogP contribution is 2.34. The molecule has 1 aliphatic rings. The summed E-state index contributed by atoms with van der Waals surface area (Å²) in [6, 6.07) is 5.36. The van der Waals surface area contributed by atoms with E-state index in [0.717, 1.165) is 30.4 Å². The van der Waals surface area contributed by atoms with Gasteiger partial charge in [-0.05, 0) is 52.4 Å². The first-order valence-corrected chi connectivity index (χ1v) is 7.86. The van der Waals surface area contributed by atoms with Gasteiger partial charge >= 0.3 is 0 Å². The Morgan fingerprint density at radius 2 is 2.05 bits per heavy atom. The normalized spacial score (nSPS) is 18.4. The molecule has 0 aromatic heterocycles. The second-order valence-electron chi connectivity index (χ2n) is 5.59.